The summed E-state index contributed by atoms with van der Waals surface area (Å²) in [4.78, 5) is 10.4. The fourth-order valence-electron chi connectivity index (χ4n) is 1.31. The fourth-order valence-corrected chi connectivity index (χ4v) is 1.75. The second-order valence-corrected chi connectivity index (χ2v) is 4.21. The lowest BCUT2D eigenvalue weighted by atomic mass is 9.97. The van der Waals surface area contributed by atoms with Crippen molar-refractivity contribution < 1.29 is 18.7 Å². The first-order chi connectivity index (χ1) is 6.91. The number of halogens is 3. The van der Waals surface area contributed by atoms with Gasteiger partial charge in [-0.15, -0.1) is 0 Å². The van der Waals surface area contributed by atoms with Gasteiger partial charge in [-0.2, -0.15) is 0 Å². The highest BCUT2D eigenvalue weighted by Crippen LogP contribution is 2.27. The Hall–Kier alpha value is -0.970. The Morgan fingerprint density at radius 2 is 2.13 bits per heavy atom. The van der Waals surface area contributed by atoms with Crippen molar-refractivity contribution in [3.05, 3.63) is 33.8 Å². The third-order valence-corrected chi connectivity index (χ3v) is 2.49. The zero-order chi connectivity index (χ0) is 11.6. The Morgan fingerprint density at radius 1 is 1.53 bits per heavy atom. The Balaban J connectivity index is 3.07. The Labute approximate surface area is 94.0 Å². The van der Waals surface area contributed by atoms with Gasteiger partial charge in [0.1, 0.15) is 0 Å². The Morgan fingerprint density at radius 3 is 2.67 bits per heavy atom. The third kappa shape index (κ3) is 2.99. The quantitative estimate of drug-likeness (QED) is 0.862. The minimum Gasteiger partial charge on any atom is -0.481 e. The number of hydrogen-bond donors (Lipinski definition) is 1. The van der Waals surface area contributed by atoms with Crippen molar-refractivity contribution in [2.75, 3.05) is 0 Å². The van der Waals surface area contributed by atoms with Crippen molar-refractivity contribution in [1.29, 1.82) is 0 Å². The number of aliphatic carboxylic acids is 1. The zero-order valence-corrected chi connectivity index (χ0v) is 9.51. The summed E-state index contributed by atoms with van der Waals surface area (Å²) in [6, 6.07) is 2.40. The first-order valence-corrected chi connectivity index (χ1v) is 5.07. The maximum absolute atomic E-state index is 13.3. The molecule has 0 amide bonds. The topological polar surface area (TPSA) is 37.3 Å². The molecule has 0 saturated heterocycles. The summed E-state index contributed by atoms with van der Waals surface area (Å²) in [5.41, 5.74) is 0.0734. The Bertz CT molecular complexity index is 393. The van der Waals surface area contributed by atoms with Crippen LogP contribution < -0.4 is 0 Å². The maximum atomic E-state index is 13.3. The van der Waals surface area contributed by atoms with Crippen LogP contribution in [0.1, 0.15) is 24.8 Å². The molecule has 1 atom stereocenters. The number of carboxylic acid groups (broad SMARTS) is 1. The normalized spacial score (nSPS) is 12.5. The highest BCUT2D eigenvalue weighted by atomic mass is 79.9. The maximum Gasteiger partial charge on any atom is 0.303 e. The van der Waals surface area contributed by atoms with Gasteiger partial charge in [-0.1, -0.05) is 22.9 Å². The number of benzene rings is 1. The van der Waals surface area contributed by atoms with E-state index in [0.29, 0.717) is 4.47 Å². The molecule has 0 aliphatic carbocycles. The van der Waals surface area contributed by atoms with E-state index in [4.69, 9.17) is 5.11 Å². The standard InChI is InChI=1S/C10H9BrF2O2/c1-5(2-9(14)15)7-3-6(11)4-8(12)10(7)13/h3-5H,2H2,1H3,(H,14,15). The van der Waals surface area contributed by atoms with E-state index in [1.807, 2.05) is 0 Å². The number of hydrogen-bond acceptors (Lipinski definition) is 1. The molecule has 1 aromatic rings. The molecule has 0 spiro atoms. The van der Waals surface area contributed by atoms with Crippen LogP contribution in [0.3, 0.4) is 0 Å². The smallest absolute Gasteiger partial charge is 0.303 e. The summed E-state index contributed by atoms with van der Waals surface area (Å²) in [5, 5.41) is 8.55. The number of carboxylic acids is 1. The SMILES string of the molecule is CC(CC(=O)O)c1cc(Br)cc(F)c1F. The Kier molecular flexibility index (Phi) is 3.79. The molecule has 1 rings (SSSR count). The molecule has 0 bridgehead atoms. The minimum absolute atomic E-state index is 0.0734. The van der Waals surface area contributed by atoms with Crippen LogP contribution in [0.2, 0.25) is 0 Å². The van der Waals surface area contributed by atoms with E-state index in [0.717, 1.165) is 6.07 Å². The monoisotopic (exact) mass is 278 g/mol. The van der Waals surface area contributed by atoms with Gasteiger partial charge in [0.25, 0.3) is 0 Å². The second kappa shape index (κ2) is 4.70. The van der Waals surface area contributed by atoms with Crippen molar-refractivity contribution in [2.24, 2.45) is 0 Å². The average molecular weight is 279 g/mol. The summed E-state index contributed by atoms with van der Waals surface area (Å²) in [7, 11) is 0. The van der Waals surface area contributed by atoms with Gasteiger partial charge >= 0.3 is 5.97 Å². The molecule has 0 aliphatic rings. The van der Waals surface area contributed by atoms with Crippen LogP contribution >= 0.6 is 15.9 Å². The molecule has 15 heavy (non-hydrogen) atoms. The zero-order valence-electron chi connectivity index (χ0n) is 7.93. The molecule has 0 heterocycles. The van der Waals surface area contributed by atoms with Crippen molar-refractivity contribution in [3.63, 3.8) is 0 Å². The van der Waals surface area contributed by atoms with E-state index in [9.17, 15) is 13.6 Å². The molecule has 1 N–H and O–H groups in total. The average Bonchev–Trinajstić information content (AvgIpc) is 2.09. The highest BCUT2D eigenvalue weighted by molar-refractivity contribution is 9.10. The second-order valence-electron chi connectivity index (χ2n) is 3.29. The third-order valence-electron chi connectivity index (χ3n) is 2.03. The van der Waals surface area contributed by atoms with Gasteiger partial charge in [0.2, 0.25) is 0 Å². The van der Waals surface area contributed by atoms with E-state index in [1.54, 1.807) is 6.92 Å². The van der Waals surface area contributed by atoms with Crippen molar-refractivity contribution >= 4 is 21.9 Å². The van der Waals surface area contributed by atoms with Crippen molar-refractivity contribution in [3.8, 4) is 0 Å². The number of rotatable bonds is 3. The van der Waals surface area contributed by atoms with Gasteiger partial charge in [0.15, 0.2) is 11.6 Å². The van der Waals surface area contributed by atoms with E-state index in [2.05, 4.69) is 15.9 Å². The summed E-state index contributed by atoms with van der Waals surface area (Å²) in [6.45, 7) is 1.54. The van der Waals surface area contributed by atoms with Crippen molar-refractivity contribution in [2.45, 2.75) is 19.3 Å². The van der Waals surface area contributed by atoms with E-state index < -0.39 is 23.5 Å². The van der Waals surface area contributed by atoms with E-state index in [-0.39, 0.29) is 12.0 Å². The molecular weight excluding hydrogens is 270 g/mol. The lowest BCUT2D eigenvalue weighted by Crippen LogP contribution is -2.06. The van der Waals surface area contributed by atoms with Crippen LogP contribution in [0.4, 0.5) is 8.78 Å². The van der Waals surface area contributed by atoms with Crippen LogP contribution in [0.15, 0.2) is 16.6 Å². The molecule has 1 unspecified atom stereocenters. The summed E-state index contributed by atoms with van der Waals surface area (Å²) in [6.07, 6.45) is -0.229. The predicted octanol–water partition coefficient (Wildman–Crippen LogP) is 3.31. The first kappa shape index (κ1) is 12.1. The summed E-state index contributed by atoms with van der Waals surface area (Å²) in [5.74, 6) is -3.56. The van der Waals surface area contributed by atoms with Crippen LogP contribution in [-0.2, 0) is 4.79 Å². The van der Waals surface area contributed by atoms with E-state index >= 15 is 0 Å². The molecule has 5 heteroatoms. The highest BCUT2D eigenvalue weighted by Gasteiger charge is 2.17. The summed E-state index contributed by atoms with van der Waals surface area (Å²) < 4.78 is 26.7. The summed E-state index contributed by atoms with van der Waals surface area (Å²) >= 11 is 3.03. The lowest BCUT2D eigenvalue weighted by molar-refractivity contribution is -0.137. The molecule has 1 aromatic carbocycles. The van der Waals surface area contributed by atoms with Gasteiger partial charge in [-0.3, -0.25) is 4.79 Å². The van der Waals surface area contributed by atoms with Crippen LogP contribution in [0.25, 0.3) is 0 Å². The van der Waals surface area contributed by atoms with Crippen LogP contribution in [-0.4, -0.2) is 11.1 Å². The predicted molar refractivity (Wildman–Crippen MR) is 54.7 cm³/mol. The van der Waals surface area contributed by atoms with Crippen molar-refractivity contribution in [1.82, 2.24) is 0 Å². The van der Waals surface area contributed by atoms with Gasteiger partial charge < -0.3 is 5.11 Å². The molecule has 0 aliphatic heterocycles. The molecule has 82 valence electrons. The lowest BCUT2D eigenvalue weighted by Gasteiger charge is -2.11. The minimum atomic E-state index is -1.04. The molecule has 2 nitrogen and oxygen atoms in total. The fraction of sp³-hybridized carbons (Fsp3) is 0.300. The molecular formula is C10H9BrF2O2. The van der Waals surface area contributed by atoms with Gasteiger partial charge in [0, 0.05) is 4.47 Å². The molecule has 0 saturated carbocycles. The van der Waals surface area contributed by atoms with Gasteiger partial charge in [-0.25, -0.2) is 8.78 Å². The van der Waals surface area contributed by atoms with Crippen LogP contribution in [0.5, 0.6) is 0 Å². The number of carbonyl (C=O) groups is 1. The molecule has 0 fully saturated rings. The first-order valence-electron chi connectivity index (χ1n) is 4.28. The van der Waals surface area contributed by atoms with E-state index in [1.165, 1.54) is 6.07 Å². The van der Waals surface area contributed by atoms with Gasteiger partial charge in [-0.05, 0) is 23.6 Å². The molecule has 0 aromatic heterocycles. The largest absolute Gasteiger partial charge is 0.481 e. The van der Waals surface area contributed by atoms with Crippen LogP contribution in [0, 0.1) is 11.6 Å². The molecule has 0 radical (unpaired) electrons. The van der Waals surface area contributed by atoms with Gasteiger partial charge in [0.05, 0.1) is 6.42 Å².